The smallest absolute Gasteiger partial charge is 0.343 e. The van der Waals surface area contributed by atoms with Gasteiger partial charge in [0.1, 0.15) is 18.5 Å². The van der Waals surface area contributed by atoms with Gasteiger partial charge in [-0.05, 0) is 61.2 Å². The summed E-state index contributed by atoms with van der Waals surface area (Å²) in [7, 11) is 0. The standard InChI is InChI=1S/C27H27ClN2O6/c1-5-16-17-9-15(36-14(4)13(3)24(28)31)7-8-21(17)29-23-18(16)11-30-22(23)10-20-19(25(30)32)12-35-26(33)27(20,34)6-2/h7-10,13-14,34H,5-6,11-12H2,1-4H3/t13?,14?,27-/m0/s1. The Labute approximate surface area is 212 Å². The van der Waals surface area contributed by atoms with Crippen molar-refractivity contribution in [3.63, 3.8) is 0 Å². The van der Waals surface area contributed by atoms with Crippen molar-refractivity contribution >= 4 is 33.7 Å². The van der Waals surface area contributed by atoms with Gasteiger partial charge >= 0.3 is 5.97 Å². The van der Waals surface area contributed by atoms with Crippen LogP contribution in [0.2, 0.25) is 0 Å². The molecule has 5 rings (SSSR count). The summed E-state index contributed by atoms with van der Waals surface area (Å²) in [6.07, 6.45) is 0.380. The molecule has 3 aromatic rings. The van der Waals surface area contributed by atoms with Crippen LogP contribution in [-0.4, -0.2) is 32.0 Å². The Morgan fingerprint density at radius 3 is 2.67 bits per heavy atom. The van der Waals surface area contributed by atoms with Crippen LogP contribution in [0.4, 0.5) is 0 Å². The highest BCUT2D eigenvalue weighted by molar-refractivity contribution is 6.64. The van der Waals surface area contributed by atoms with Crippen molar-refractivity contribution in [1.82, 2.24) is 9.55 Å². The van der Waals surface area contributed by atoms with E-state index in [1.54, 1.807) is 37.5 Å². The number of carbonyl (C=O) groups is 2. The molecule has 188 valence electrons. The molecule has 0 saturated carbocycles. The highest BCUT2D eigenvalue weighted by atomic mass is 35.5. The topological polar surface area (TPSA) is 108 Å². The molecule has 0 saturated heterocycles. The molecule has 0 fully saturated rings. The number of halogens is 1. The number of ether oxygens (including phenoxy) is 2. The number of aromatic nitrogens is 2. The van der Waals surface area contributed by atoms with E-state index < -0.39 is 28.8 Å². The molecule has 0 aliphatic carbocycles. The number of aliphatic hydroxyl groups is 1. The third kappa shape index (κ3) is 3.54. The van der Waals surface area contributed by atoms with Crippen LogP contribution < -0.4 is 10.3 Å². The van der Waals surface area contributed by atoms with Crippen molar-refractivity contribution in [2.45, 2.75) is 65.4 Å². The van der Waals surface area contributed by atoms with Gasteiger partial charge in [-0.15, -0.1) is 0 Å². The van der Waals surface area contributed by atoms with Crippen LogP contribution in [-0.2, 0) is 39.5 Å². The van der Waals surface area contributed by atoms with Crippen LogP contribution in [0.5, 0.6) is 5.75 Å². The van der Waals surface area contributed by atoms with Gasteiger partial charge in [0, 0.05) is 16.5 Å². The predicted molar refractivity (Wildman–Crippen MR) is 134 cm³/mol. The van der Waals surface area contributed by atoms with Gasteiger partial charge in [0.15, 0.2) is 5.60 Å². The van der Waals surface area contributed by atoms with Crippen LogP contribution in [0.3, 0.4) is 0 Å². The Bertz CT molecular complexity index is 1500. The first kappa shape index (κ1) is 24.5. The van der Waals surface area contributed by atoms with E-state index in [-0.39, 0.29) is 18.6 Å². The molecule has 2 unspecified atom stereocenters. The summed E-state index contributed by atoms with van der Waals surface area (Å²) in [5.74, 6) is -0.605. The second-order valence-electron chi connectivity index (χ2n) is 9.47. The number of fused-ring (bicyclic) bond motifs is 5. The Kier molecular flexibility index (Phi) is 5.92. The minimum Gasteiger partial charge on any atom is -0.490 e. The molecule has 2 aromatic heterocycles. The Balaban J connectivity index is 1.65. The fraction of sp³-hybridized carbons (Fsp3) is 0.407. The first-order chi connectivity index (χ1) is 17.1. The van der Waals surface area contributed by atoms with Crippen molar-refractivity contribution < 1.29 is 24.2 Å². The van der Waals surface area contributed by atoms with Gasteiger partial charge in [0.2, 0.25) is 5.24 Å². The summed E-state index contributed by atoms with van der Waals surface area (Å²) in [6, 6.07) is 7.27. The van der Waals surface area contributed by atoms with Gasteiger partial charge in [-0.3, -0.25) is 9.59 Å². The molecule has 1 aromatic carbocycles. The predicted octanol–water partition coefficient (Wildman–Crippen LogP) is 3.81. The van der Waals surface area contributed by atoms with Gasteiger partial charge in [-0.2, -0.15) is 0 Å². The van der Waals surface area contributed by atoms with Crippen LogP contribution >= 0.6 is 11.6 Å². The maximum Gasteiger partial charge on any atom is 0.343 e. The lowest BCUT2D eigenvalue weighted by Gasteiger charge is -2.31. The van der Waals surface area contributed by atoms with Crippen molar-refractivity contribution in [1.29, 1.82) is 0 Å². The average molecular weight is 511 g/mol. The maximum atomic E-state index is 13.4. The number of pyridine rings is 2. The van der Waals surface area contributed by atoms with Crippen LogP contribution in [0.15, 0.2) is 29.1 Å². The number of hydrogen-bond acceptors (Lipinski definition) is 7. The van der Waals surface area contributed by atoms with Gasteiger partial charge in [-0.1, -0.05) is 20.8 Å². The summed E-state index contributed by atoms with van der Waals surface area (Å²) in [5.41, 5.74) is 2.38. The molecule has 8 nitrogen and oxygen atoms in total. The summed E-state index contributed by atoms with van der Waals surface area (Å²) in [4.78, 5) is 42.3. The minimum absolute atomic E-state index is 0.0923. The second kappa shape index (κ2) is 8.71. The van der Waals surface area contributed by atoms with Gasteiger partial charge < -0.3 is 19.1 Å². The quantitative estimate of drug-likeness (QED) is 0.310. The molecule has 2 aliphatic rings. The minimum atomic E-state index is -1.86. The zero-order chi connectivity index (χ0) is 25.9. The monoisotopic (exact) mass is 510 g/mol. The van der Waals surface area contributed by atoms with E-state index in [4.69, 9.17) is 26.1 Å². The Morgan fingerprint density at radius 2 is 2.00 bits per heavy atom. The lowest BCUT2D eigenvalue weighted by molar-refractivity contribution is -0.172. The van der Waals surface area contributed by atoms with E-state index >= 15 is 0 Å². The van der Waals surface area contributed by atoms with Gasteiger partial charge in [0.25, 0.3) is 5.56 Å². The summed E-state index contributed by atoms with van der Waals surface area (Å²) in [6.45, 7) is 7.41. The molecular weight excluding hydrogens is 484 g/mol. The number of aryl methyl sites for hydroxylation is 1. The molecule has 4 heterocycles. The first-order valence-corrected chi connectivity index (χ1v) is 12.5. The molecular formula is C27H27ClN2O6. The Hall–Kier alpha value is -3.23. The van der Waals surface area contributed by atoms with E-state index in [1.807, 2.05) is 19.1 Å². The number of benzene rings is 1. The fourth-order valence-electron chi connectivity index (χ4n) is 5.12. The van der Waals surface area contributed by atoms with Gasteiger partial charge in [0.05, 0.1) is 34.9 Å². The van der Waals surface area contributed by atoms with Crippen LogP contribution in [0.25, 0.3) is 22.3 Å². The SMILES string of the molecule is CCc1c2c(nc3ccc(OC(C)C(C)C(=O)Cl)cc13)-c1cc3c(c(=O)n1C2)COC(=O)[C@]3(O)CC. The highest BCUT2D eigenvalue weighted by Gasteiger charge is 2.45. The largest absolute Gasteiger partial charge is 0.490 e. The van der Waals surface area contributed by atoms with Crippen LogP contribution in [0.1, 0.15) is 56.4 Å². The van der Waals surface area contributed by atoms with E-state index in [9.17, 15) is 19.5 Å². The lowest BCUT2D eigenvalue weighted by Crippen LogP contribution is -2.44. The van der Waals surface area contributed by atoms with Crippen molar-refractivity contribution in [2.24, 2.45) is 5.92 Å². The number of esters is 1. The van der Waals surface area contributed by atoms with Crippen molar-refractivity contribution in [2.75, 3.05) is 0 Å². The maximum absolute atomic E-state index is 13.4. The number of hydrogen-bond donors (Lipinski definition) is 1. The third-order valence-electron chi connectivity index (χ3n) is 7.51. The number of carbonyl (C=O) groups excluding carboxylic acids is 2. The van der Waals surface area contributed by atoms with E-state index in [0.717, 1.165) is 22.0 Å². The molecule has 1 N–H and O–H groups in total. The summed E-state index contributed by atoms with van der Waals surface area (Å²) in [5, 5.41) is 11.5. The molecule has 2 aliphatic heterocycles. The van der Waals surface area contributed by atoms with Crippen LogP contribution in [0, 0.1) is 5.92 Å². The zero-order valence-electron chi connectivity index (χ0n) is 20.6. The molecule has 9 heteroatoms. The van der Waals surface area contributed by atoms with Crippen molar-refractivity contribution in [3.05, 3.63) is 56.9 Å². The average Bonchev–Trinajstić information content (AvgIpc) is 3.23. The van der Waals surface area contributed by atoms with E-state index in [2.05, 4.69) is 0 Å². The second-order valence-corrected chi connectivity index (χ2v) is 9.84. The zero-order valence-corrected chi connectivity index (χ0v) is 21.3. The van der Waals surface area contributed by atoms with E-state index in [0.29, 0.717) is 41.2 Å². The molecule has 36 heavy (non-hydrogen) atoms. The lowest BCUT2D eigenvalue weighted by atomic mass is 9.86. The fourth-order valence-corrected chi connectivity index (χ4v) is 5.30. The summed E-state index contributed by atoms with van der Waals surface area (Å²) >= 11 is 5.64. The Morgan fingerprint density at radius 1 is 1.25 bits per heavy atom. The molecule has 3 atom stereocenters. The van der Waals surface area contributed by atoms with Gasteiger partial charge in [-0.25, -0.2) is 9.78 Å². The molecule has 0 spiro atoms. The van der Waals surface area contributed by atoms with Crippen molar-refractivity contribution in [3.8, 4) is 17.1 Å². The number of cyclic esters (lactones) is 1. The molecule has 0 bridgehead atoms. The summed E-state index contributed by atoms with van der Waals surface area (Å²) < 4.78 is 12.8. The first-order valence-electron chi connectivity index (χ1n) is 12.1. The number of nitrogens with zero attached hydrogens (tertiary/aromatic N) is 2. The molecule has 0 amide bonds. The third-order valence-corrected chi connectivity index (χ3v) is 7.86. The molecule has 0 radical (unpaired) electrons. The highest BCUT2D eigenvalue weighted by Crippen LogP contribution is 2.40. The number of rotatable bonds is 6. The normalized spacial score (nSPS) is 19.8. The van der Waals surface area contributed by atoms with E-state index in [1.165, 1.54) is 0 Å².